The SMILES string of the molecule is CCc1c(CCCO)cc2c(c1Br)OCO2. The summed E-state index contributed by atoms with van der Waals surface area (Å²) in [7, 11) is 0. The number of benzene rings is 1. The summed E-state index contributed by atoms with van der Waals surface area (Å²) in [5.74, 6) is 1.61. The lowest BCUT2D eigenvalue weighted by Crippen LogP contribution is -1.97. The standard InChI is InChI=1S/C12H15BrO3/c1-2-9-8(4-3-5-14)6-10-12(11(9)13)16-7-15-10/h6,14H,2-5,7H2,1H3. The number of hydrogen-bond acceptors (Lipinski definition) is 3. The number of halogens is 1. The first-order valence-corrected chi connectivity index (χ1v) is 6.28. The van der Waals surface area contributed by atoms with E-state index in [-0.39, 0.29) is 6.61 Å². The molecule has 0 aliphatic carbocycles. The van der Waals surface area contributed by atoms with E-state index in [9.17, 15) is 0 Å². The molecule has 1 aromatic carbocycles. The highest BCUT2D eigenvalue weighted by Crippen LogP contribution is 2.43. The van der Waals surface area contributed by atoms with Gasteiger partial charge in [-0.25, -0.2) is 0 Å². The smallest absolute Gasteiger partial charge is 0.231 e. The molecule has 0 fully saturated rings. The summed E-state index contributed by atoms with van der Waals surface area (Å²) in [6.07, 6.45) is 2.59. The van der Waals surface area contributed by atoms with Crippen LogP contribution in [0.5, 0.6) is 11.5 Å². The summed E-state index contributed by atoms with van der Waals surface area (Å²) < 4.78 is 11.8. The van der Waals surface area contributed by atoms with Gasteiger partial charge in [0.1, 0.15) is 0 Å². The van der Waals surface area contributed by atoms with Crippen LogP contribution in [-0.2, 0) is 12.8 Å². The predicted octanol–water partition coefficient (Wildman–Crippen LogP) is 2.67. The Balaban J connectivity index is 2.39. The van der Waals surface area contributed by atoms with E-state index in [0.29, 0.717) is 6.79 Å². The van der Waals surface area contributed by atoms with Crippen molar-refractivity contribution in [2.75, 3.05) is 13.4 Å². The molecule has 1 N–H and O–H groups in total. The molecule has 1 aliphatic rings. The molecule has 0 atom stereocenters. The van der Waals surface area contributed by atoms with Gasteiger partial charge in [0.2, 0.25) is 6.79 Å². The topological polar surface area (TPSA) is 38.7 Å². The maximum Gasteiger partial charge on any atom is 0.231 e. The summed E-state index contributed by atoms with van der Waals surface area (Å²) >= 11 is 3.57. The third-order valence-corrected chi connectivity index (χ3v) is 3.60. The molecule has 0 amide bonds. The van der Waals surface area contributed by atoms with Crippen molar-refractivity contribution in [3.63, 3.8) is 0 Å². The monoisotopic (exact) mass is 286 g/mol. The van der Waals surface area contributed by atoms with Crippen LogP contribution in [0, 0.1) is 0 Å². The molecular weight excluding hydrogens is 272 g/mol. The molecule has 0 unspecified atom stereocenters. The molecule has 1 heterocycles. The first kappa shape index (κ1) is 11.7. The molecule has 0 aromatic heterocycles. The Morgan fingerprint density at radius 2 is 2.25 bits per heavy atom. The summed E-state index contributed by atoms with van der Waals surface area (Å²) in [5, 5.41) is 8.89. The fourth-order valence-electron chi connectivity index (χ4n) is 1.97. The molecule has 2 rings (SSSR count). The van der Waals surface area contributed by atoms with Crippen molar-refractivity contribution in [1.82, 2.24) is 0 Å². The second kappa shape index (κ2) is 5.06. The maximum absolute atomic E-state index is 8.89. The first-order valence-electron chi connectivity index (χ1n) is 5.48. The van der Waals surface area contributed by atoms with Gasteiger partial charge in [-0.15, -0.1) is 0 Å². The number of rotatable bonds is 4. The summed E-state index contributed by atoms with van der Waals surface area (Å²) in [4.78, 5) is 0. The third-order valence-electron chi connectivity index (χ3n) is 2.76. The molecular formula is C12H15BrO3. The van der Waals surface area contributed by atoms with Gasteiger partial charge in [0.05, 0.1) is 4.47 Å². The zero-order valence-electron chi connectivity index (χ0n) is 9.25. The minimum Gasteiger partial charge on any atom is -0.454 e. The van der Waals surface area contributed by atoms with E-state index < -0.39 is 0 Å². The lowest BCUT2D eigenvalue weighted by molar-refractivity contribution is 0.173. The van der Waals surface area contributed by atoms with Crippen LogP contribution in [-0.4, -0.2) is 18.5 Å². The van der Waals surface area contributed by atoms with Gasteiger partial charge in [0.15, 0.2) is 11.5 Å². The first-order chi connectivity index (χ1) is 7.77. The van der Waals surface area contributed by atoms with Crippen molar-refractivity contribution in [2.24, 2.45) is 0 Å². The van der Waals surface area contributed by atoms with Crippen LogP contribution in [0.4, 0.5) is 0 Å². The molecule has 0 saturated carbocycles. The Kier molecular flexibility index (Phi) is 3.71. The van der Waals surface area contributed by atoms with E-state index in [2.05, 4.69) is 22.9 Å². The number of aliphatic hydroxyl groups is 1. The average molecular weight is 287 g/mol. The van der Waals surface area contributed by atoms with Gasteiger partial charge >= 0.3 is 0 Å². The van der Waals surface area contributed by atoms with Crippen LogP contribution in [0.2, 0.25) is 0 Å². The van der Waals surface area contributed by atoms with Crippen molar-refractivity contribution >= 4 is 15.9 Å². The van der Waals surface area contributed by atoms with Crippen molar-refractivity contribution < 1.29 is 14.6 Å². The molecule has 1 aliphatic heterocycles. The van der Waals surface area contributed by atoms with Crippen LogP contribution >= 0.6 is 15.9 Å². The Labute approximate surface area is 104 Å². The van der Waals surface area contributed by atoms with Gasteiger partial charge in [0.25, 0.3) is 0 Å². The quantitative estimate of drug-likeness (QED) is 0.925. The fourth-order valence-corrected chi connectivity index (χ4v) is 2.81. The molecule has 88 valence electrons. The Morgan fingerprint density at radius 3 is 2.94 bits per heavy atom. The number of aliphatic hydroxyl groups excluding tert-OH is 1. The minimum atomic E-state index is 0.217. The highest BCUT2D eigenvalue weighted by Gasteiger charge is 2.21. The van der Waals surface area contributed by atoms with Gasteiger partial charge in [0, 0.05) is 6.61 Å². The van der Waals surface area contributed by atoms with Crippen LogP contribution in [0.1, 0.15) is 24.5 Å². The van der Waals surface area contributed by atoms with E-state index in [1.54, 1.807) is 0 Å². The number of hydrogen-bond donors (Lipinski definition) is 1. The lowest BCUT2D eigenvalue weighted by Gasteiger charge is -2.12. The van der Waals surface area contributed by atoms with Crippen LogP contribution in [0.25, 0.3) is 0 Å². The van der Waals surface area contributed by atoms with Gasteiger partial charge in [-0.1, -0.05) is 6.92 Å². The Morgan fingerprint density at radius 1 is 1.44 bits per heavy atom. The van der Waals surface area contributed by atoms with Crippen LogP contribution in [0.15, 0.2) is 10.5 Å². The minimum absolute atomic E-state index is 0.217. The molecule has 0 saturated heterocycles. The maximum atomic E-state index is 8.89. The van der Waals surface area contributed by atoms with Gasteiger partial charge in [-0.3, -0.25) is 0 Å². The highest BCUT2D eigenvalue weighted by atomic mass is 79.9. The molecule has 4 heteroatoms. The summed E-state index contributed by atoms with van der Waals surface area (Å²) in [6.45, 7) is 2.63. The molecule has 0 bridgehead atoms. The van der Waals surface area contributed by atoms with Gasteiger partial charge < -0.3 is 14.6 Å². The lowest BCUT2D eigenvalue weighted by atomic mass is 10.00. The average Bonchev–Trinajstić information content (AvgIpc) is 2.75. The summed E-state index contributed by atoms with van der Waals surface area (Å²) in [6, 6.07) is 2.03. The molecule has 3 nitrogen and oxygen atoms in total. The highest BCUT2D eigenvalue weighted by molar-refractivity contribution is 9.10. The summed E-state index contributed by atoms with van der Waals surface area (Å²) in [5.41, 5.74) is 2.48. The van der Waals surface area contributed by atoms with E-state index in [1.165, 1.54) is 11.1 Å². The zero-order valence-corrected chi connectivity index (χ0v) is 10.8. The predicted molar refractivity (Wildman–Crippen MR) is 65.0 cm³/mol. The second-order valence-corrected chi connectivity index (χ2v) is 4.54. The van der Waals surface area contributed by atoms with Crippen LogP contribution < -0.4 is 9.47 Å². The number of aryl methyl sites for hydroxylation is 1. The van der Waals surface area contributed by atoms with Crippen molar-refractivity contribution in [1.29, 1.82) is 0 Å². The number of ether oxygens (including phenoxy) is 2. The molecule has 16 heavy (non-hydrogen) atoms. The molecule has 0 spiro atoms. The van der Waals surface area contributed by atoms with E-state index >= 15 is 0 Å². The third kappa shape index (κ3) is 2.04. The van der Waals surface area contributed by atoms with E-state index in [4.69, 9.17) is 14.6 Å². The van der Waals surface area contributed by atoms with Crippen LogP contribution in [0.3, 0.4) is 0 Å². The Hall–Kier alpha value is -0.740. The molecule has 1 aromatic rings. The van der Waals surface area contributed by atoms with Gasteiger partial charge in [-0.2, -0.15) is 0 Å². The van der Waals surface area contributed by atoms with Gasteiger partial charge in [-0.05, 0) is 52.4 Å². The zero-order chi connectivity index (χ0) is 11.5. The fraction of sp³-hybridized carbons (Fsp3) is 0.500. The second-order valence-electron chi connectivity index (χ2n) is 3.74. The molecule has 0 radical (unpaired) electrons. The number of fused-ring (bicyclic) bond motifs is 1. The normalized spacial score (nSPS) is 13.2. The Bertz CT molecular complexity index is 390. The van der Waals surface area contributed by atoms with E-state index in [1.807, 2.05) is 6.07 Å². The largest absolute Gasteiger partial charge is 0.454 e. The van der Waals surface area contributed by atoms with Crippen molar-refractivity contribution in [3.05, 3.63) is 21.7 Å². The van der Waals surface area contributed by atoms with Crippen molar-refractivity contribution in [2.45, 2.75) is 26.2 Å². The van der Waals surface area contributed by atoms with E-state index in [0.717, 1.165) is 35.2 Å². The van der Waals surface area contributed by atoms with Crippen molar-refractivity contribution in [3.8, 4) is 11.5 Å².